The van der Waals surface area contributed by atoms with Crippen LogP contribution in [0, 0.1) is 0 Å². The van der Waals surface area contributed by atoms with Gasteiger partial charge in [-0.2, -0.15) is 13.2 Å². The molecule has 1 spiro atoms. The minimum atomic E-state index is -4.47. The third kappa shape index (κ3) is 5.54. The van der Waals surface area contributed by atoms with Gasteiger partial charge in [-0.15, -0.1) is 0 Å². The second-order valence-corrected chi connectivity index (χ2v) is 23.0. The van der Waals surface area contributed by atoms with Crippen molar-refractivity contribution in [2.75, 3.05) is 9.80 Å². The van der Waals surface area contributed by atoms with Crippen LogP contribution in [0.3, 0.4) is 0 Å². The molecule has 1 saturated carbocycles. The van der Waals surface area contributed by atoms with Crippen LogP contribution in [0.15, 0.2) is 152 Å². The molecule has 1 fully saturated rings. The van der Waals surface area contributed by atoms with E-state index in [1.54, 1.807) is 6.07 Å². The molecule has 0 atom stereocenters. The van der Waals surface area contributed by atoms with Crippen LogP contribution >= 0.6 is 0 Å². The van der Waals surface area contributed by atoms with Gasteiger partial charge in [-0.3, -0.25) is 0 Å². The Morgan fingerprint density at radius 2 is 1.17 bits per heavy atom. The topological polar surface area (TPSA) is 6.48 Å². The predicted octanol–water partition coefficient (Wildman–Crippen LogP) is 12.2. The van der Waals surface area contributed by atoms with Gasteiger partial charge in [0.2, 0.25) is 0 Å². The first-order valence-corrected chi connectivity index (χ1v) is 24.5. The average Bonchev–Trinajstić information content (AvgIpc) is 3.50. The van der Waals surface area contributed by atoms with Crippen molar-refractivity contribution in [3.05, 3.63) is 168 Å². The smallest absolute Gasteiger partial charge is 0.311 e. The van der Waals surface area contributed by atoms with Crippen molar-refractivity contribution in [1.29, 1.82) is 0 Å². The van der Waals surface area contributed by atoms with Crippen molar-refractivity contribution >= 4 is 70.5 Å². The van der Waals surface area contributed by atoms with E-state index in [9.17, 15) is 13.2 Å². The first-order chi connectivity index (χ1) is 28.5. The molecule has 0 amide bonds. The standard InChI is InChI=1S/C52H44BF3N2Si/c1-59(2,3)39-17-11-14-34(30-39)35-24-27-47-45(31-35)53-44-20-7-8-21-46(44)57(37-16-12-15-36(32-37)52(54,55)56)48-22-13-23-49(50(48)53)58(47)38-25-26-43-41(33-38)40-18-5-6-19-42(40)51(43)28-9-4-10-29-51/h5-8,11-27,30-33H,4,9-10,28-29H2,1-3H3. The number of para-hydroxylation sites is 1. The molecule has 11 rings (SSSR count). The van der Waals surface area contributed by atoms with E-state index >= 15 is 0 Å². The zero-order valence-electron chi connectivity index (χ0n) is 33.6. The first-order valence-electron chi connectivity index (χ1n) is 21.0. The van der Waals surface area contributed by atoms with Crippen molar-refractivity contribution < 1.29 is 13.2 Å². The van der Waals surface area contributed by atoms with E-state index in [1.807, 2.05) is 11.0 Å². The number of halogens is 3. The summed E-state index contributed by atoms with van der Waals surface area (Å²) >= 11 is 0. The summed E-state index contributed by atoms with van der Waals surface area (Å²) in [7, 11) is -1.58. The lowest BCUT2D eigenvalue weighted by molar-refractivity contribution is -0.137. The summed E-state index contributed by atoms with van der Waals surface area (Å²) in [5.41, 5.74) is 16.1. The monoisotopic (exact) mass is 792 g/mol. The summed E-state index contributed by atoms with van der Waals surface area (Å²) in [5, 5.41) is 1.41. The van der Waals surface area contributed by atoms with Crippen molar-refractivity contribution in [3.63, 3.8) is 0 Å². The van der Waals surface area contributed by atoms with Gasteiger partial charge in [-0.1, -0.05) is 141 Å². The van der Waals surface area contributed by atoms with Gasteiger partial charge in [0.1, 0.15) is 0 Å². The molecule has 290 valence electrons. The highest BCUT2D eigenvalue weighted by molar-refractivity contribution is 7.00. The van der Waals surface area contributed by atoms with Crippen molar-refractivity contribution in [3.8, 4) is 22.3 Å². The molecule has 0 bridgehead atoms. The van der Waals surface area contributed by atoms with Crippen LogP contribution in [0.5, 0.6) is 0 Å². The zero-order valence-corrected chi connectivity index (χ0v) is 34.6. The van der Waals surface area contributed by atoms with E-state index < -0.39 is 19.8 Å². The maximum atomic E-state index is 14.3. The second kappa shape index (κ2) is 13.1. The van der Waals surface area contributed by atoms with Crippen LogP contribution in [0.1, 0.15) is 48.8 Å². The number of hydrogen-bond acceptors (Lipinski definition) is 2. The molecule has 0 saturated heterocycles. The van der Waals surface area contributed by atoms with Gasteiger partial charge in [0.25, 0.3) is 6.71 Å². The van der Waals surface area contributed by atoms with E-state index in [2.05, 4.69) is 146 Å². The van der Waals surface area contributed by atoms with Gasteiger partial charge in [0.15, 0.2) is 0 Å². The van der Waals surface area contributed by atoms with Crippen molar-refractivity contribution in [2.24, 2.45) is 0 Å². The molecule has 7 aromatic rings. The molecule has 4 aliphatic rings. The predicted molar refractivity (Wildman–Crippen MR) is 243 cm³/mol. The molecule has 59 heavy (non-hydrogen) atoms. The Kier molecular flexibility index (Phi) is 8.06. The van der Waals surface area contributed by atoms with E-state index in [0.29, 0.717) is 5.69 Å². The highest BCUT2D eigenvalue weighted by atomic mass is 28.3. The summed E-state index contributed by atoms with van der Waals surface area (Å²) in [5.74, 6) is 0. The summed E-state index contributed by atoms with van der Waals surface area (Å²) in [6, 6.07) is 52.5. The Bertz CT molecular complexity index is 2830. The van der Waals surface area contributed by atoms with Crippen LogP contribution in [-0.2, 0) is 11.6 Å². The van der Waals surface area contributed by atoms with Gasteiger partial charge in [-0.05, 0) is 117 Å². The molecular weight excluding hydrogens is 748 g/mol. The van der Waals surface area contributed by atoms with Gasteiger partial charge in [-0.25, -0.2) is 0 Å². The second-order valence-electron chi connectivity index (χ2n) is 17.9. The third-order valence-electron chi connectivity index (χ3n) is 13.6. The number of hydrogen-bond donors (Lipinski definition) is 0. The van der Waals surface area contributed by atoms with Gasteiger partial charge in [0.05, 0.1) is 13.6 Å². The Morgan fingerprint density at radius 3 is 1.95 bits per heavy atom. The molecule has 7 heteroatoms. The lowest BCUT2D eigenvalue weighted by Crippen LogP contribution is -2.61. The number of rotatable bonds is 4. The summed E-state index contributed by atoms with van der Waals surface area (Å²) in [4.78, 5) is 4.45. The van der Waals surface area contributed by atoms with Crippen LogP contribution in [0.25, 0.3) is 22.3 Å². The quantitative estimate of drug-likeness (QED) is 0.164. The zero-order chi connectivity index (χ0) is 40.3. The van der Waals surface area contributed by atoms with Crippen molar-refractivity contribution in [2.45, 2.75) is 63.3 Å². The number of fused-ring (bicyclic) bond motifs is 9. The molecule has 2 aliphatic carbocycles. The Labute approximate surface area is 346 Å². The SMILES string of the molecule is C[Si](C)(C)c1cccc(-c2ccc3c(c2)B2c4ccccc4N(c4cccc(C(F)(F)F)c4)c4cccc(c42)N3c2ccc3c(c2)-c2ccccc2C32CCCCC2)c1. The van der Waals surface area contributed by atoms with Gasteiger partial charge < -0.3 is 9.80 Å². The summed E-state index contributed by atoms with van der Waals surface area (Å²) < 4.78 is 42.8. The summed E-state index contributed by atoms with van der Waals surface area (Å²) in [6.45, 7) is 7.01. The first kappa shape index (κ1) is 36.3. The minimum Gasteiger partial charge on any atom is -0.311 e. The Morgan fingerprint density at radius 1 is 0.525 bits per heavy atom. The van der Waals surface area contributed by atoms with Gasteiger partial charge >= 0.3 is 6.18 Å². The maximum absolute atomic E-state index is 14.3. The van der Waals surface area contributed by atoms with Crippen LogP contribution in [-0.4, -0.2) is 14.8 Å². The van der Waals surface area contributed by atoms with Crippen molar-refractivity contribution in [1.82, 2.24) is 0 Å². The van der Waals surface area contributed by atoms with Crippen LogP contribution < -0.4 is 31.4 Å². The lowest BCUT2D eigenvalue weighted by Gasteiger charge is -2.44. The normalized spacial score (nSPS) is 16.0. The van der Waals surface area contributed by atoms with E-state index in [1.165, 1.54) is 82.7 Å². The molecule has 7 aromatic carbocycles. The molecule has 0 radical (unpaired) electrons. The van der Waals surface area contributed by atoms with Gasteiger partial charge in [0, 0.05) is 39.5 Å². The molecule has 0 unspecified atom stereocenters. The van der Waals surface area contributed by atoms with E-state index in [4.69, 9.17) is 0 Å². The van der Waals surface area contributed by atoms with Crippen LogP contribution in [0.4, 0.5) is 47.3 Å². The van der Waals surface area contributed by atoms with E-state index in [0.717, 1.165) is 51.0 Å². The lowest BCUT2D eigenvalue weighted by atomic mass is 9.33. The highest BCUT2D eigenvalue weighted by Crippen LogP contribution is 2.57. The molecule has 0 N–H and O–H groups in total. The Hall–Kier alpha value is -5.79. The summed E-state index contributed by atoms with van der Waals surface area (Å²) in [6.07, 6.45) is 1.63. The molecule has 2 heterocycles. The fourth-order valence-corrected chi connectivity index (χ4v) is 12.1. The number of nitrogens with zero attached hydrogens (tertiary/aromatic N) is 2. The molecule has 2 nitrogen and oxygen atoms in total. The largest absolute Gasteiger partial charge is 0.416 e. The number of benzene rings is 7. The number of alkyl halides is 3. The van der Waals surface area contributed by atoms with Crippen LogP contribution in [0.2, 0.25) is 19.6 Å². The van der Waals surface area contributed by atoms with E-state index in [-0.39, 0.29) is 12.1 Å². The Balaban J connectivity index is 1.16. The number of anilines is 6. The molecule has 0 aromatic heterocycles. The molecule has 2 aliphatic heterocycles. The fraction of sp³-hybridized carbons (Fsp3) is 0.192. The third-order valence-corrected chi connectivity index (χ3v) is 15.7. The maximum Gasteiger partial charge on any atom is 0.416 e. The minimum absolute atomic E-state index is 0.0496. The highest BCUT2D eigenvalue weighted by Gasteiger charge is 2.46. The average molecular weight is 793 g/mol. The fourth-order valence-electron chi connectivity index (χ4n) is 10.9. The molecular formula is C52H44BF3N2Si.